The van der Waals surface area contributed by atoms with Crippen molar-refractivity contribution in [1.82, 2.24) is 0 Å². The third-order valence-electron chi connectivity index (χ3n) is 2.64. The van der Waals surface area contributed by atoms with Gasteiger partial charge in [0.2, 0.25) is 0 Å². The first-order valence-electron chi connectivity index (χ1n) is 6.75. The van der Waals surface area contributed by atoms with E-state index < -0.39 is 20.2 Å². The van der Waals surface area contributed by atoms with Gasteiger partial charge in [0.1, 0.15) is 0 Å². The maximum atomic E-state index is 10.5. The molecule has 0 aromatic heterocycles. The van der Waals surface area contributed by atoms with Crippen molar-refractivity contribution in [2.75, 3.05) is 0 Å². The van der Waals surface area contributed by atoms with Crippen LogP contribution in [0, 0.1) is 39.5 Å². The SMILES string of the molecule is C#C.C#C.Cc1ccc(S(=O)(=O)O)cc1.Cc1ccc(S(=O)(=O)O)cc1. The van der Waals surface area contributed by atoms with E-state index in [1.807, 2.05) is 13.8 Å². The lowest BCUT2D eigenvalue weighted by atomic mass is 10.2. The van der Waals surface area contributed by atoms with Crippen LogP contribution in [-0.2, 0) is 20.2 Å². The highest BCUT2D eigenvalue weighted by molar-refractivity contribution is 7.86. The van der Waals surface area contributed by atoms with Gasteiger partial charge in [0.05, 0.1) is 9.79 Å². The van der Waals surface area contributed by atoms with Crippen LogP contribution in [0.5, 0.6) is 0 Å². The molecule has 0 amide bonds. The van der Waals surface area contributed by atoms with E-state index in [4.69, 9.17) is 9.11 Å². The van der Waals surface area contributed by atoms with E-state index in [-0.39, 0.29) is 9.79 Å². The minimum Gasteiger partial charge on any atom is -0.282 e. The van der Waals surface area contributed by atoms with Crippen molar-refractivity contribution in [2.24, 2.45) is 0 Å². The van der Waals surface area contributed by atoms with Gasteiger partial charge in [-0.2, -0.15) is 16.8 Å². The van der Waals surface area contributed by atoms with Crippen LogP contribution in [0.4, 0.5) is 0 Å². The molecule has 0 heterocycles. The van der Waals surface area contributed by atoms with Crippen LogP contribution in [0.1, 0.15) is 11.1 Å². The highest BCUT2D eigenvalue weighted by atomic mass is 32.2. The number of aryl methyl sites for hydroxylation is 2. The Balaban J connectivity index is 0. The lowest BCUT2D eigenvalue weighted by Crippen LogP contribution is -1.96. The van der Waals surface area contributed by atoms with Gasteiger partial charge in [-0.05, 0) is 38.1 Å². The monoisotopic (exact) mass is 396 g/mol. The summed E-state index contributed by atoms with van der Waals surface area (Å²) >= 11 is 0. The molecular weight excluding hydrogens is 376 g/mol. The molecular formula is C18H20O6S2. The van der Waals surface area contributed by atoms with Gasteiger partial charge < -0.3 is 0 Å². The number of benzene rings is 2. The molecule has 2 aromatic rings. The van der Waals surface area contributed by atoms with Crippen molar-refractivity contribution in [3.63, 3.8) is 0 Å². The number of rotatable bonds is 2. The highest BCUT2D eigenvalue weighted by Gasteiger charge is 2.07. The molecule has 0 aliphatic carbocycles. The highest BCUT2D eigenvalue weighted by Crippen LogP contribution is 2.09. The summed E-state index contributed by atoms with van der Waals surface area (Å²) in [6.07, 6.45) is 16.0. The van der Waals surface area contributed by atoms with Crippen LogP contribution in [0.3, 0.4) is 0 Å². The smallest absolute Gasteiger partial charge is 0.282 e. The lowest BCUT2D eigenvalue weighted by molar-refractivity contribution is 0.481. The van der Waals surface area contributed by atoms with Crippen LogP contribution >= 0.6 is 0 Å². The fraction of sp³-hybridized carbons (Fsp3) is 0.111. The Hall–Kier alpha value is -2.62. The largest absolute Gasteiger partial charge is 0.294 e. The topological polar surface area (TPSA) is 109 Å². The number of hydrogen-bond acceptors (Lipinski definition) is 4. The predicted molar refractivity (Wildman–Crippen MR) is 102 cm³/mol. The van der Waals surface area contributed by atoms with Gasteiger partial charge in [0, 0.05) is 0 Å². The van der Waals surface area contributed by atoms with Gasteiger partial charge in [0.15, 0.2) is 0 Å². The van der Waals surface area contributed by atoms with Gasteiger partial charge in [-0.3, -0.25) is 9.11 Å². The second-order valence-corrected chi connectivity index (χ2v) is 7.42. The summed E-state index contributed by atoms with van der Waals surface area (Å²) in [6.45, 7) is 3.68. The zero-order chi connectivity index (χ0) is 21.0. The van der Waals surface area contributed by atoms with Crippen molar-refractivity contribution in [3.05, 3.63) is 59.7 Å². The molecule has 0 radical (unpaired) electrons. The molecule has 6 nitrogen and oxygen atoms in total. The van der Waals surface area contributed by atoms with E-state index in [0.717, 1.165) is 11.1 Å². The average Bonchev–Trinajstić information content (AvgIpc) is 2.58. The quantitative estimate of drug-likeness (QED) is 0.597. The molecule has 26 heavy (non-hydrogen) atoms. The zero-order valence-corrected chi connectivity index (χ0v) is 15.9. The summed E-state index contributed by atoms with van der Waals surface area (Å²) in [6, 6.07) is 12.0. The Morgan fingerprint density at radius 3 is 0.923 bits per heavy atom. The van der Waals surface area contributed by atoms with Crippen molar-refractivity contribution >= 4 is 20.2 Å². The van der Waals surface area contributed by atoms with E-state index in [2.05, 4.69) is 25.7 Å². The van der Waals surface area contributed by atoms with Gasteiger partial charge in [-0.1, -0.05) is 35.4 Å². The van der Waals surface area contributed by atoms with E-state index in [9.17, 15) is 16.8 Å². The maximum Gasteiger partial charge on any atom is 0.294 e. The van der Waals surface area contributed by atoms with Crippen molar-refractivity contribution in [3.8, 4) is 25.7 Å². The van der Waals surface area contributed by atoms with Gasteiger partial charge >= 0.3 is 0 Å². The Kier molecular flexibility index (Phi) is 11.7. The van der Waals surface area contributed by atoms with Gasteiger partial charge in [-0.25, -0.2) is 0 Å². The molecule has 8 heteroatoms. The molecule has 0 aliphatic heterocycles. The average molecular weight is 396 g/mol. The molecule has 0 fully saturated rings. The van der Waals surface area contributed by atoms with E-state index in [1.165, 1.54) is 24.3 Å². The first-order valence-corrected chi connectivity index (χ1v) is 9.63. The fourth-order valence-corrected chi connectivity index (χ4v) is 2.38. The summed E-state index contributed by atoms with van der Waals surface area (Å²) < 4.78 is 59.1. The summed E-state index contributed by atoms with van der Waals surface area (Å²) in [5, 5.41) is 0. The molecule has 2 aromatic carbocycles. The molecule has 0 saturated carbocycles. The summed E-state index contributed by atoms with van der Waals surface area (Å²) in [7, 11) is -8.04. The van der Waals surface area contributed by atoms with Crippen LogP contribution < -0.4 is 0 Å². The molecule has 0 bridgehead atoms. The lowest BCUT2D eigenvalue weighted by Gasteiger charge is -1.95. The second-order valence-electron chi connectivity index (χ2n) is 4.58. The molecule has 0 atom stereocenters. The maximum absolute atomic E-state index is 10.5. The molecule has 0 unspecified atom stereocenters. The predicted octanol–water partition coefficient (Wildman–Crippen LogP) is 2.98. The Labute approximate surface area is 155 Å². The van der Waals surface area contributed by atoms with E-state index in [1.54, 1.807) is 24.3 Å². The van der Waals surface area contributed by atoms with Crippen molar-refractivity contribution in [1.29, 1.82) is 0 Å². The molecule has 2 rings (SSSR count). The minimum atomic E-state index is -4.02. The summed E-state index contributed by atoms with van der Waals surface area (Å²) in [5.41, 5.74) is 1.91. The Morgan fingerprint density at radius 1 is 0.577 bits per heavy atom. The first-order chi connectivity index (χ1) is 12.0. The van der Waals surface area contributed by atoms with Crippen LogP contribution in [0.2, 0.25) is 0 Å². The third kappa shape index (κ3) is 10.3. The Morgan fingerprint density at radius 2 is 0.769 bits per heavy atom. The Bertz CT molecular complexity index is 826. The fourth-order valence-electron chi connectivity index (χ4n) is 1.42. The zero-order valence-electron chi connectivity index (χ0n) is 14.3. The third-order valence-corrected chi connectivity index (χ3v) is 4.37. The first kappa shape index (κ1) is 25.6. The van der Waals surface area contributed by atoms with Crippen LogP contribution in [0.25, 0.3) is 0 Å². The molecule has 2 N–H and O–H groups in total. The number of terminal acetylenes is 2. The minimum absolute atomic E-state index is 0.0666. The van der Waals surface area contributed by atoms with Crippen molar-refractivity contribution < 1.29 is 25.9 Å². The standard InChI is InChI=1S/2C7H8O3S.2C2H2/c2*1-6-2-4-7(5-3-6)11(8,9)10;2*1-2/h2*2-5H,1H3,(H,8,9,10);2*1-2H. The van der Waals surface area contributed by atoms with E-state index in [0.29, 0.717) is 0 Å². The molecule has 0 saturated heterocycles. The molecule has 0 spiro atoms. The molecule has 140 valence electrons. The van der Waals surface area contributed by atoms with Crippen molar-refractivity contribution in [2.45, 2.75) is 23.6 Å². The normalized spacial score (nSPS) is 9.85. The van der Waals surface area contributed by atoms with Gasteiger partial charge in [0.25, 0.3) is 20.2 Å². The van der Waals surface area contributed by atoms with E-state index >= 15 is 0 Å². The number of hydrogen-bond donors (Lipinski definition) is 2. The second kappa shape index (κ2) is 11.9. The summed E-state index contributed by atoms with van der Waals surface area (Å²) in [5.74, 6) is 0. The molecule has 0 aliphatic rings. The van der Waals surface area contributed by atoms with Crippen LogP contribution in [-0.4, -0.2) is 25.9 Å². The summed E-state index contributed by atoms with van der Waals surface area (Å²) in [4.78, 5) is -0.133. The van der Waals surface area contributed by atoms with Crippen LogP contribution in [0.15, 0.2) is 58.3 Å². The van der Waals surface area contributed by atoms with Gasteiger partial charge in [-0.15, -0.1) is 25.7 Å².